The normalized spacial score (nSPS) is 21.1. The first-order chi connectivity index (χ1) is 10.3. The summed E-state index contributed by atoms with van der Waals surface area (Å²) in [5.41, 5.74) is 5.45. The van der Waals surface area contributed by atoms with Gasteiger partial charge in [-0.3, -0.25) is 9.59 Å². The zero-order chi connectivity index (χ0) is 16.4. The van der Waals surface area contributed by atoms with Crippen LogP contribution in [0, 0.1) is 25.7 Å². The van der Waals surface area contributed by atoms with Crippen LogP contribution in [0.15, 0.2) is 24.3 Å². The molecule has 2 atom stereocenters. The fourth-order valence-electron chi connectivity index (χ4n) is 3.55. The third-order valence-electron chi connectivity index (χ3n) is 4.68. The van der Waals surface area contributed by atoms with Gasteiger partial charge in [0.1, 0.15) is 5.78 Å². The van der Waals surface area contributed by atoms with E-state index in [0.717, 1.165) is 23.1 Å². The predicted molar refractivity (Wildman–Crippen MR) is 87.0 cm³/mol. The van der Waals surface area contributed by atoms with Gasteiger partial charge in [0, 0.05) is 12.3 Å². The molecule has 0 spiro atoms. The molecular formula is C19H24O3. The number of carboxylic acids is 1. The van der Waals surface area contributed by atoms with E-state index in [1.807, 2.05) is 6.92 Å². The molecular weight excluding hydrogens is 276 g/mol. The molecule has 1 saturated carbocycles. The highest BCUT2D eigenvalue weighted by atomic mass is 16.4. The van der Waals surface area contributed by atoms with Crippen molar-refractivity contribution in [2.45, 2.75) is 46.5 Å². The molecule has 1 N–H and O–H groups in total. The van der Waals surface area contributed by atoms with E-state index in [1.54, 1.807) is 0 Å². The zero-order valence-corrected chi connectivity index (χ0v) is 13.6. The topological polar surface area (TPSA) is 54.4 Å². The van der Waals surface area contributed by atoms with E-state index in [-0.39, 0.29) is 5.78 Å². The van der Waals surface area contributed by atoms with Gasteiger partial charge in [-0.15, -0.1) is 0 Å². The number of ketones is 1. The molecule has 0 unspecified atom stereocenters. The number of hydrogen-bond acceptors (Lipinski definition) is 2. The maximum Gasteiger partial charge on any atom is 0.307 e. The summed E-state index contributed by atoms with van der Waals surface area (Å²) in [6.45, 7) is 10.0. The summed E-state index contributed by atoms with van der Waals surface area (Å²) in [7, 11) is 0. The van der Waals surface area contributed by atoms with Crippen LogP contribution in [0.3, 0.4) is 0 Å². The van der Waals surface area contributed by atoms with Crippen LogP contribution in [0.25, 0.3) is 0 Å². The standard InChI is InChI=1S/C19H24O3/c1-5-14-7-11(2)6-13(4)15(14)10-18(20)16-8-12(3)9-17(16)19(21)22/h6-7,16-17H,3,5,8-10H2,1-2,4H3,(H,21,22)/t16-,17-/m0/s1. The molecule has 0 radical (unpaired) electrons. The fraction of sp³-hybridized carbons (Fsp3) is 0.474. The second kappa shape index (κ2) is 6.47. The summed E-state index contributed by atoms with van der Waals surface area (Å²) in [5, 5.41) is 9.31. The summed E-state index contributed by atoms with van der Waals surface area (Å²) >= 11 is 0. The molecule has 0 heterocycles. The van der Waals surface area contributed by atoms with Crippen molar-refractivity contribution in [3.8, 4) is 0 Å². The van der Waals surface area contributed by atoms with Crippen LogP contribution in [-0.2, 0) is 22.4 Å². The lowest BCUT2D eigenvalue weighted by molar-refractivity contribution is -0.145. The van der Waals surface area contributed by atoms with Crippen molar-refractivity contribution in [3.63, 3.8) is 0 Å². The van der Waals surface area contributed by atoms with Crippen molar-refractivity contribution in [2.24, 2.45) is 11.8 Å². The lowest BCUT2D eigenvalue weighted by atomic mass is 9.86. The molecule has 3 heteroatoms. The minimum Gasteiger partial charge on any atom is -0.481 e. The van der Waals surface area contributed by atoms with Gasteiger partial charge in [0.05, 0.1) is 5.92 Å². The predicted octanol–water partition coefficient (Wildman–Crippen LogP) is 3.64. The van der Waals surface area contributed by atoms with Crippen molar-refractivity contribution >= 4 is 11.8 Å². The fourth-order valence-corrected chi connectivity index (χ4v) is 3.55. The van der Waals surface area contributed by atoms with Gasteiger partial charge in [-0.25, -0.2) is 0 Å². The molecule has 1 fully saturated rings. The number of carbonyl (C=O) groups excluding carboxylic acids is 1. The van der Waals surface area contributed by atoms with Crippen molar-refractivity contribution in [1.82, 2.24) is 0 Å². The Morgan fingerprint density at radius 3 is 2.45 bits per heavy atom. The molecule has 0 saturated heterocycles. The van der Waals surface area contributed by atoms with Crippen LogP contribution < -0.4 is 0 Å². The van der Waals surface area contributed by atoms with Gasteiger partial charge < -0.3 is 5.11 Å². The monoisotopic (exact) mass is 300 g/mol. The summed E-state index contributed by atoms with van der Waals surface area (Å²) < 4.78 is 0. The molecule has 1 aromatic rings. The van der Waals surface area contributed by atoms with Crippen molar-refractivity contribution in [1.29, 1.82) is 0 Å². The second-order valence-electron chi connectivity index (χ2n) is 6.43. The SMILES string of the molecule is C=C1C[C@H](C(=O)O)[C@@H](C(=O)Cc2c(C)cc(C)cc2CC)C1. The Morgan fingerprint density at radius 1 is 1.23 bits per heavy atom. The van der Waals surface area contributed by atoms with Gasteiger partial charge >= 0.3 is 5.97 Å². The van der Waals surface area contributed by atoms with Gasteiger partial charge in [-0.1, -0.05) is 36.8 Å². The van der Waals surface area contributed by atoms with Crippen LogP contribution in [0.2, 0.25) is 0 Å². The minimum atomic E-state index is -0.881. The number of benzene rings is 1. The molecule has 0 aromatic heterocycles. The average molecular weight is 300 g/mol. The first kappa shape index (κ1) is 16.5. The largest absolute Gasteiger partial charge is 0.481 e. The van der Waals surface area contributed by atoms with Gasteiger partial charge in [-0.2, -0.15) is 0 Å². The van der Waals surface area contributed by atoms with Crippen molar-refractivity contribution < 1.29 is 14.7 Å². The molecule has 3 nitrogen and oxygen atoms in total. The number of Topliss-reactive ketones (excluding diaryl/α,β-unsaturated/α-hetero) is 1. The molecule has 118 valence electrons. The minimum absolute atomic E-state index is 0.0349. The van der Waals surface area contributed by atoms with Gasteiger partial charge in [0.25, 0.3) is 0 Å². The quantitative estimate of drug-likeness (QED) is 0.845. The summed E-state index contributed by atoms with van der Waals surface area (Å²) in [4.78, 5) is 24.0. The van der Waals surface area contributed by atoms with E-state index in [2.05, 4.69) is 32.6 Å². The number of aryl methyl sites for hydroxylation is 3. The first-order valence-electron chi connectivity index (χ1n) is 7.84. The number of hydrogen-bond donors (Lipinski definition) is 1. The highest BCUT2D eigenvalue weighted by molar-refractivity contribution is 5.89. The number of aliphatic carboxylic acids is 1. The van der Waals surface area contributed by atoms with Crippen molar-refractivity contribution in [3.05, 3.63) is 46.5 Å². The van der Waals surface area contributed by atoms with Crippen LogP contribution in [0.4, 0.5) is 0 Å². The lowest BCUT2D eigenvalue weighted by Crippen LogP contribution is -2.27. The maximum atomic E-state index is 12.7. The van der Waals surface area contributed by atoms with E-state index in [9.17, 15) is 14.7 Å². The molecule has 0 bridgehead atoms. The molecule has 0 amide bonds. The van der Waals surface area contributed by atoms with E-state index < -0.39 is 17.8 Å². The molecule has 1 aliphatic carbocycles. The van der Waals surface area contributed by atoms with Gasteiger partial charge in [0.2, 0.25) is 0 Å². The Morgan fingerprint density at radius 2 is 1.86 bits per heavy atom. The Hall–Kier alpha value is -1.90. The number of allylic oxidation sites excluding steroid dienone is 1. The summed E-state index contributed by atoms with van der Waals surface area (Å²) in [6.07, 6.45) is 2.16. The van der Waals surface area contributed by atoms with E-state index >= 15 is 0 Å². The van der Waals surface area contributed by atoms with Crippen LogP contribution in [-0.4, -0.2) is 16.9 Å². The number of rotatable bonds is 5. The van der Waals surface area contributed by atoms with Crippen molar-refractivity contribution in [2.75, 3.05) is 0 Å². The number of carboxylic acid groups (broad SMARTS) is 1. The smallest absolute Gasteiger partial charge is 0.307 e. The second-order valence-corrected chi connectivity index (χ2v) is 6.43. The third-order valence-corrected chi connectivity index (χ3v) is 4.68. The zero-order valence-electron chi connectivity index (χ0n) is 13.6. The third kappa shape index (κ3) is 3.29. The Bertz CT molecular complexity index is 628. The maximum absolute atomic E-state index is 12.7. The summed E-state index contributed by atoms with van der Waals surface area (Å²) in [6, 6.07) is 4.21. The van der Waals surface area contributed by atoms with Crippen LogP contribution in [0.1, 0.15) is 42.0 Å². The van der Waals surface area contributed by atoms with Gasteiger partial charge in [-0.05, 0) is 49.8 Å². The van der Waals surface area contributed by atoms with Crippen LogP contribution in [0.5, 0.6) is 0 Å². The molecule has 2 rings (SSSR count). The Balaban J connectivity index is 2.26. The van der Waals surface area contributed by atoms with Gasteiger partial charge in [0.15, 0.2) is 0 Å². The van der Waals surface area contributed by atoms with E-state index in [1.165, 1.54) is 11.1 Å². The van der Waals surface area contributed by atoms with Crippen LogP contribution >= 0.6 is 0 Å². The molecule has 1 aliphatic rings. The molecule has 22 heavy (non-hydrogen) atoms. The Kier molecular flexibility index (Phi) is 4.84. The average Bonchev–Trinajstić information content (AvgIpc) is 2.83. The lowest BCUT2D eigenvalue weighted by Gasteiger charge is -2.17. The Labute approximate surface area is 132 Å². The van der Waals surface area contributed by atoms with E-state index in [0.29, 0.717) is 19.3 Å². The highest BCUT2D eigenvalue weighted by Crippen LogP contribution is 2.37. The summed E-state index contributed by atoms with van der Waals surface area (Å²) in [5.74, 6) is -1.87. The highest BCUT2D eigenvalue weighted by Gasteiger charge is 2.39. The molecule has 1 aromatic carbocycles. The number of carbonyl (C=O) groups is 2. The first-order valence-corrected chi connectivity index (χ1v) is 7.84. The molecule has 0 aliphatic heterocycles. The van der Waals surface area contributed by atoms with E-state index in [4.69, 9.17) is 0 Å².